The molecule has 0 radical (unpaired) electrons. The molecule has 36 heavy (non-hydrogen) atoms. The molecule has 12 heteroatoms. The van der Waals surface area contributed by atoms with Gasteiger partial charge in [-0.05, 0) is 41.8 Å². The van der Waals surface area contributed by atoms with E-state index in [1.807, 2.05) is 54.7 Å². The zero-order valence-corrected chi connectivity index (χ0v) is 19.2. The predicted octanol–water partition coefficient (Wildman–Crippen LogP) is 0.304. The molecule has 0 amide bonds. The van der Waals surface area contributed by atoms with Crippen molar-refractivity contribution in [2.45, 2.75) is 19.5 Å². The number of nitrogens with one attached hydrogen (secondary N) is 2. The number of carbonyl (C=O) groups is 2. The van der Waals surface area contributed by atoms with Crippen LogP contribution in [0.3, 0.4) is 0 Å². The molecule has 0 unspecified atom stereocenters. The predicted molar refractivity (Wildman–Crippen MR) is 133 cm³/mol. The highest BCUT2D eigenvalue weighted by Crippen LogP contribution is 2.20. The van der Waals surface area contributed by atoms with Crippen LogP contribution in [0.15, 0.2) is 76.5 Å². The Morgan fingerprint density at radius 1 is 0.944 bits per heavy atom. The van der Waals surface area contributed by atoms with Crippen LogP contribution in [0.25, 0.3) is 10.9 Å². The molecular formula is C24H27N5O7. The second-order valence-corrected chi connectivity index (χ2v) is 7.60. The highest BCUT2D eigenvalue weighted by atomic mass is 16.4. The summed E-state index contributed by atoms with van der Waals surface area (Å²) in [6, 6.07) is 15.4. The summed E-state index contributed by atoms with van der Waals surface area (Å²) in [6.07, 6.45) is 3.87. The minimum atomic E-state index is -1.26. The van der Waals surface area contributed by atoms with Crippen LogP contribution in [0.2, 0.25) is 0 Å². The van der Waals surface area contributed by atoms with Crippen molar-refractivity contribution in [3.8, 4) is 0 Å². The molecule has 0 aliphatic carbocycles. The molecule has 2 aromatic carbocycles. The van der Waals surface area contributed by atoms with Gasteiger partial charge in [0.25, 0.3) is 0 Å². The third-order valence-electron chi connectivity index (χ3n) is 5.08. The van der Waals surface area contributed by atoms with Crippen molar-refractivity contribution in [2.24, 2.45) is 5.73 Å². The quantitative estimate of drug-likeness (QED) is 0.215. The van der Waals surface area contributed by atoms with Crippen molar-refractivity contribution in [2.75, 3.05) is 6.54 Å². The van der Waals surface area contributed by atoms with Crippen molar-refractivity contribution in [3.05, 3.63) is 105 Å². The highest BCUT2D eigenvalue weighted by Gasteiger charge is 2.11. The van der Waals surface area contributed by atoms with Gasteiger partial charge >= 0.3 is 23.3 Å². The zero-order valence-electron chi connectivity index (χ0n) is 19.2. The van der Waals surface area contributed by atoms with Gasteiger partial charge in [0.05, 0.1) is 13.1 Å². The number of aromatic nitrogens is 4. The van der Waals surface area contributed by atoms with E-state index in [-0.39, 0.29) is 17.7 Å². The second kappa shape index (κ2) is 12.7. The van der Waals surface area contributed by atoms with Crippen molar-refractivity contribution in [1.29, 1.82) is 0 Å². The number of rotatable bonds is 8. The van der Waals surface area contributed by atoms with Gasteiger partial charge in [0.2, 0.25) is 0 Å². The van der Waals surface area contributed by atoms with Crippen LogP contribution < -0.4 is 17.1 Å². The summed E-state index contributed by atoms with van der Waals surface area (Å²) in [5, 5.41) is 19.4. The molecule has 0 saturated heterocycles. The Morgan fingerprint density at radius 2 is 1.61 bits per heavy atom. The summed E-state index contributed by atoms with van der Waals surface area (Å²) in [6.45, 7) is 1.13. The van der Waals surface area contributed by atoms with Gasteiger partial charge in [0.15, 0.2) is 0 Å². The fourth-order valence-corrected chi connectivity index (χ4v) is 3.48. The minimum absolute atomic E-state index is 0. The standard InChI is InChI=1S/C20H21N5O2.C4H4O4.H2O/c21-9-8-16-11-22-18-7-6-15(10-17(16)18)13-25-20(27)24(19(26)23-25)12-14-4-2-1-3-5-14;5-3(6)1-2-4(7)8;/h1-7,10-11,22H,8-9,12-13,21H2,(H,23,26);1-2H,(H,5,6)(H,7,8);1H2. The Labute approximate surface area is 204 Å². The van der Waals surface area contributed by atoms with Crippen molar-refractivity contribution >= 4 is 22.8 Å². The third kappa shape index (κ3) is 7.16. The molecule has 2 heterocycles. The SMILES string of the molecule is NCCc1c[nH]c2ccc(Cn3[nH]c(=O)n(Cc4ccccc4)c3=O)cc12.O.O=C(O)C=CC(=O)O. The van der Waals surface area contributed by atoms with E-state index in [1.54, 1.807) is 0 Å². The molecule has 0 aliphatic rings. The van der Waals surface area contributed by atoms with E-state index in [0.717, 1.165) is 34.0 Å². The van der Waals surface area contributed by atoms with E-state index >= 15 is 0 Å². The lowest BCUT2D eigenvalue weighted by atomic mass is 10.1. The first kappa shape index (κ1) is 27.6. The molecule has 2 aromatic heterocycles. The van der Waals surface area contributed by atoms with Crippen LogP contribution in [0, 0.1) is 0 Å². The molecule has 8 N–H and O–H groups in total. The van der Waals surface area contributed by atoms with Gasteiger partial charge in [-0.25, -0.2) is 33.5 Å². The van der Waals surface area contributed by atoms with E-state index in [2.05, 4.69) is 10.1 Å². The third-order valence-corrected chi connectivity index (χ3v) is 5.08. The molecule has 0 bridgehead atoms. The summed E-state index contributed by atoms with van der Waals surface area (Å²) >= 11 is 0. The summed E-state index contributed by atoms with van der Waals surface area (Å²) in [4.78, 5) is 47.2. The van der Waals surface area contributed by atoms with Crippen molar-refractivity contribution < 1.29 is 25.3 Å². The number of nitrogens with zero attached hydrogens (tertiary/aromatic N) is 2. The number of aliphatic carboxylic acids is 2. The number of hydrogen-bond donors (Lipinski definition) is 5. The topological polar surface area (TPSA) is 208 Å². The van der Waals surface area contributed by atoms with Crippen LogP contribution in [0.4, 0.5) is 0 Å². The summed E-state index contributed by atoms with van der Waals surface area (Å²) in [5.74, 6) is -2.51. The monoisotopic (exact) mass is 497 g/mol. The number of hydrogen-bond acceptors (Lipinski definition) is 5. The van der Waals surface area contributed by atoms with Crippen LogP contribution in [0.1, 0.15) is 16.7 Å². The first-order chi connectivity index (χ1) is 16.8. The summed E-state index contributed by atoms with van der Waals surface area (Å²) < 4.78 is 2.56. The number of aromatic amines is 2. The number of benzene rings is 2. The van der Waals surface area contributed by atoms with E-state index in [4.69, 9.17) is 15.9 Å². The Bertz CT molecular complexity index is 1450. The number of H-pyrrole nitrogens is 2. The molecular weight excluding hydrogens is 470 g/mol. The maximum Gasteiger partial charge on any atom is 0.347 e. The first-order valence-electron chi connectivity index (χ1n) is 10.6. The summed E-state index contributed by atoms with van der Waals surface area (Å²) in [5.41, 5.74) is 8.95. The Balaban J connectivity index is 0.000000442. The zero-order chi connectivity index (χ0) is 25.4. The molecule has 4 rings (SSSR count). The smallest absolute Gasteiger partial charge is 0.347 e. The Morgan fingerprint density at radius 3 is 2.22 bits per heavy atom. The summed E-state index contributed by atoms with van der Waals surface area (Å²) in [7, 11) is 0. The maximum absolute atomic E-state index is 12.7. The van der Waals surface area contributed by atoms with Crippen LogP contribution in [-0.2, 0) is 29.1 Å². The van der Waals surface area contributed by atoms with E-state index in [9.17, 15) is 19.2 Å². The minimum Gasteiger partial charge on any atom is -0.478 e. The lowest BCUT2D eigenvalue weighted by molar-refractivity contribution is -0.134. The average Bonchev–Trinajstić information content (AvgIpc) is 3.34. The number of carboxylic acid groups (broad SMARTS) is 2. The molecule has 0 fully saturated rings. The van der Waals surface area contributed by atoms with Gasteiger partial charge in [-0.15, -0.1) is 0 Å². The van der Waals surface area contributed by atoms with E-state index in [1.165, 1.54) is 9.25 Å². The lowest BCUT2D eigenvalue weighted by Gasteiger charge is -2.04. The van der Waals surface area contributed by atoms with E-state index in [0.29, 0.717) is 25.2 Å². The Hall–Kier alpha value is -4.68. The molecule has 0 atom stereocenters. The van der Waals surface area contributed by atoms with Crippen LogP contribution >= 0.6 is 0 Å². The number of fused-ring (bicyclic) bond motifs is 1. The van der Waals surface area contributed by atoms with Crippen LogP contribution in [0.5, 0.6) is 0 Å². The van der Waals surface area contributed by atoms with Gasteiger partial charge < -0.3 is 26.4 Å². The van der Waals surface area contributed by atoms with Crippen molar-refractivity contribution in [1.82, 2.24) is 19.3 Å². The maximum atomic E-state index is 12.7. The molecule has 12 nitrogen and oxygen atoms in total. The highest BCUT2D eigenvalue weighted by molar-refractivity contribution is 5.89. The normalized spacial score (nSPS) is 10.6. The molecule has 4 aromatic rings. The van der Waals surface area contributed by atoms with Gasteiger partial charge in [0.1, 0.15) is 0 Å². The van der Waals surface area contributed by atoms with Gasteiger partial charge in [-0.3, -0.25) is 0 Å². The molecule has 0 saturated carbocycles. The average molecular weight is 498 g/mol. The molecule has 0 spiro atoms. The fraction of sp³-hybridized carbons (Fsp3) is 0.167. The lowest BCUT2D eigenvalue weighted by Crippen LogP contribution is -2.29. The fourth-order valence-electron chi connectivity index (χ4n) is 3.48. The Kier molecular flexibility index (Phi) is 9.72. The van der Waals surface area contributed by atoms with Gasteiger partial charge in [0, 0.05) is 29.3 Å². The second-order valence-electron chi connectivity index (χ2n) is 7.60. The molecule has 0 aliphatic heterocycles. The first-order valence-corrected chi connectivity index (χ1v) is 10.6. The largest absolute Gasteiger partial charge is 0.478 e. The van der Waals surface area contributed by atoms with Crippen molar-refractivity contribution in [3.63, 3.8) is 0 Å². The van der Waals surface area contributed by atoms with Crippen LogP contribution in [-0.4, -0.2) is 53.5 Å². The number of carboxylic acids is 2. The number of nitrogens with two attached hydrogens (primary N) is 1. The molecule has 190 valence electrons. The van der Waals surface area contributed by atoms with E-state index < -0.39 is 17.6 Å². The van der Waals surface area contributed by atoms with Gasteiger partial charge in [-0.1, -0.05) is 36.4 Å². The van der Waals surface area contributed by atoms with Gasteiger partial charge in [-0.2, -0.15) is 0 Å².